The zero-order chi connectivity index (χ0) is 20.7. The Morgan fingerprint density at radius 3 is 2.59 bits per heavy atom. The summed E-state index contributed by atoms with van der Waals surface area (Å²) in [4.78, 5) is 9.99. The highest BCUT2D eigenvalue weighted by Gasteiger charge is 2.29. The molecule has 1 unspecified atom stereocenters. The van der Waals surface area contributed by atoms with Gasteiger partial charge >= 0.3 is 0 Å². The van der Waals surface area contributed by atoms with Gasteiger partial charge in [-0.05, 0) is 45.2 Å². The van der Waals surface area contributed by atoms with Crippen molar-refractivity contribution in [2.45, 2.75) is 52.2 Å². The fourth-order valence-corrected chi connectivity index (χ4v) is 4.12. The highest BCUT2D eigenvalue weighted by molar-refractivity contribution is 5.79. The van der Waals surface area contributed by atoms with Crippen molar-refractivity contribution in [1.29, 1.82) is 0 Å². The number of rotatable bonds is 7. The van der Waals surface area contributed by atoms with Gasteiger partial charge in [-0.1, -0.05) is 24.3 Å². The quantitative estimate of drug-likeness (QED) is 0.541. The van der Waals surface area contributed by atoms with Gasteiger partial charge in [0.25, 0.3) is 0 Å². The maximum absolute atomic E-state index is 5.47. The molecule has 2 aliphatic rings. The molecule has 162 valence electrons. The Hall–Kier alpha value is -1.63. The van der Waals surface area contributed by atoms with Gasteiger partial charge in [-0.2, -0.15) is 0 Å². The fraction of sp³-hybridized carbons (Fsp3) is 0.696. The highest BCUT2D eigenvalue weighted by atomic mass is 16.5. The number of nitrogens with one attached hydrogen (secondary N) is 2. The summed E-state index contributed by atoms with van der Waals surface area (Å²) < 4.78 is 5.47. The van der Waals surface area contributed by atoms with Gasteiger partial charge in [0.2, 0.25) is 0 Å². The average molecular weight is 402 g/mol. The summed E-state index contributed by atoms with van der Waals surface area (Å²) in [6, 6.07) is 9.29. The third-order valence-corrected chi connectivity index (χ3v) is 6.19. The molecule has 0 saturated carbocycles. The van der Waals surface area contributed by atoms with E-state index in [1.54, 1.807) is 0 Å². The minimum absolute atomic E-state index is 0.0196. The van der Waals surface area contributed by atoms with E-state index in [2.05, 4.69) is 72.4 Å². The van der Waals surface area contributed by atoms with E-state index in [9.17, 15) is 0 Å². The average Bonchev–Trinajstić information content (AvgIpc) is 2.75. The normalized spacial score (nSPS) is 20.2. The number of guanidine groups is 1. The lowest BCUT2D eigenvalue weighted by atomic mass is 9.94. The number of aliphatic imine (C=N–C) groups is 1. The zero-order valence-electron chi connectivity index (χ0n) is 18.7. The van der Waals surface area contributed by atoms with Gasteiger partial charge in [-0.25, -0.2) is 0 Å². The summed E-state index contributed by atoms with van der Waals surface area (Å²) in [6.07, 6.45) is 1.12. The third kappa shape index (κ3) is 6.17. The molecule has 29 heavy (non-hydrogen) atoms. The number of hydrogen-bond acceptors (Lipinski definition) is 4. The van der Waals surface area contributed by atoms with Gasteiger partial charge in [0.1, 0.15) is 0 Å². The largest absolute Gasteiger partial charge is 0.379 e. The Balaban J connectivity index is 1.55. The molecule has 1 atom stereocenters. The molecule has 0 aliphatic carbocycles. The van der Waals surface area contributed by atoms with Crippen molar-refractivity contribution in [3.05, 3.63) is 35.4 Å². The van der Waals surface area contributed by atoms with Crippen molar-refractivity contribution < 1.29 is 4.74 Å². The minimum atomic E-state index is 0.0196. The number of morpholine rings is 1. The summed E-state index contributed by atoms with van der Waals surface area (Å²) in [5, 5.41) is 6.96. The topological polar surface area (TPSA) is 52.1 Å². The van der Waals surface area contributed by atoms with Gasteiger partial charge in [-0.15, -0.1) is 0 Å². The monoisotopic (exact) mass is 401 g/mol. The zero-order valence-corrected chi connectivity index (χ0v) is 18.7. The van der Waals surface area contributed by atoms with Crippen LogP contribution in [0.3, 0.4) is 0 Å². The van der Waals surface area contributed by atoms with Gasteiger partial charge in [0, 0.05) is 50.8 Å². The first-order valence-corrected chi connectivity index (χ1v) is 11.2. The molecule has 1 aromatic carbocycles. The maximum Gasteiger partial charge on any atom is 0.191 e. The molecule has 0 radical (unpaired) electrons. The van der Waals surface area contributed by atoms with Crippen LogP contribution in [-0.2, 0) is 17.7 Å². The van der Waals surface area contributed by atoms with E-state index >= 15 is 0 Å². The van der Waals surface area contributed by atoms with Crippen molar-refractivity contribution in [3.8, 4) is 0 Å². The molecule has 2 aliphatic heterocycles. The van der Waals surface area contributed by atoms with E-state index in [0.29, 0.717) is 6.04 Å². The van der Waals surface area contributed by atoms with Crippen molar-refractivity contribution >= 4 is 5.96 Å². The van der Waals surface area contributed by atoms with Gasteiger partial charge in [0.05, 0.1) is 19.8 Å². The maximum atomic E-state index is 5.47. The first-order valence-electron chi connectivity index (χ1n) is 11.2. The van der Waals surface area contributed by atoms with E-state index in [-0.39, 0.29) is 5.54 Å². The summed E-state index contributed by atoms with van der Waals surface area (Å²) >= 11 is 0. The van der Waals surface area contributed by atoms with Crippen LogP contribution in [0.2, 0.25) is 0 Å². The number of fused-ring (bicyclic) bond motifs is 1. The molecule has 2 heterocycles. The van der Waals surface area contributed by atoms with Gasteiger partial charge in [0.15, 0.2) is 5.96 Å². The lowest BCUT2D eigenvalue weighted by molar-refractivity contribution is 0.0211. The van der Waals surface area contributed by atoms with Crippen LogP contribution in [-0.4, -0.2) is 79.8 Å². The van der Waals surface area contributed by atoms with Crippen molar-refractivity contribution in [2.24, 2.45) is 4.99 Å². The van der Waals surface area contributed by atoms with Crippen LogP contribution < -0.4 is 10.6 Å². The summed E-state index contributed by atoms with van der Waals surface area (Å²) in [6.45, 7) is 17.4. The molecule has 1 saturated heterocycles. The van der Waals surface area contributed by atoms with Gasteiger partial charge in [-0.3, -0.25) is 14.8 Å². The van der Waals surface area contributed by atoms with E-state index in [0.717, 1.165) is 71.4 Å². The standard InChI is InChI=1S/C23H39N5O/c1-5-24-22(25-16-19(2)27-12-14-29-15-13-27)26-18-23(3,4)28-11-10-20-8-6-7-9-21(20)17-28/h6-9,19H,5,10-18H2,1-4H3,(H2,24,25,26). The fourth-order valence-electron chi connectivity index (χ4n) is 4.12. The lowest BCUT2D eigenvalue weighted by Gasteiger charge is -2.41. The molecule has 0 aromatic heterocycles. The molecular weight excluding hydrogens is 362 g/mol. The van der Waals surface area contributed by atoms with E-state index < -0.39 is 0 Å². The van der Waals surface area contributed by atoms with E-state index in [1.807, 2.05) is 0 Å². The minimum Gasteiger partial charge on any atom is -0.379 e. The third-order valence-electron chi connectivity index (χ3n) is 6.19. The predicted octanol–water partition coefficient (Wildman–Crippen LogP) is 2.10. The molecule has 6 nitrogen and oxygen atoms in total. The van der Waals surface area contributed by atoms with Gasteiger partial charge < -0.3 is 15.4 Å². The second-order valence-corrected chi connectivity index (χ2v) is 8.83. The van der Waals surface area contributed by atoms with Crippen molar-refractivity contribution in [2.75, 3.05) is 52.5 Å². The number of hydrogen-bond donors (Lipinski definition) is 2. The van der Waals surface area contributed by atoms with Crippen LogP contribution in [0, 0.1) is 0 Å². The van der Waals surface area contributed by atoms with Crippen LogP contribution in [0.4, 0.5) is 0 Å². The first kappa shape index (κ1) is 22.1. The molecular formula is C23H39N5O. The highest BCUT2D eigenvalue weighted by Crippen LogP contribution is 2.25. The Kier molecular flexibility index (Phi) is 7.92. The first-order chi connectivity index (χ1) is 14.0. The Bertz CT molecular complexity index is 669. The second-order valence-electron chi connectivity index (χ2n) is 8.83. The molecule has 0 spiro atoms. The molecule has 0 amide bonds. The Morgan fingerprint density at radius 2 is 1.86 bits per heavy atom. The summed E-state index contributed by atoms with van der Waals surface area (Å²) in [7, 11) is 0. The molecule has 1 aromatic rings. The lowest BCUT2D eigenvalue weighted by Crippen LogP contribution is -2.51. The Labute approximate surface area is 176 Å². The van der Waals surface area contributed by atoms with Crippen LogP contribution in [0.25, 0.3) is 0 Å². The number of ether oxygens (including phenoxy) is 1. The second kappa shape index (κ2) is 10.4. The molecule has 2 N–H and O–H groups in total. The van der Waals surface area contributed by atoms with Crippen LogP contribution in [0.15, 0.2) is 29.3 Å². The molecule has 3 rings (SSSR count). The molecule has 6 heteroatoms. The molecule has 0 bridgehead atoms. The van der Waals surface area contributed by atoms with Crippen LogP contribution in [0.5, 0.6) is 0 Å². The smallest absolute Gasteiger partial charge is 0.191 e. The van der Waals surface area contributed by atoms with Crippen molar-refractivity contribution in [3.63, 3.8) is 0 Å². The summed E-state index contributed by atoms with van der Waals surface area (Å²) in [5.41, 5.74) is 2.97. The summed E-state index contributed by atoms with van der Waals surface area (Å²) in [5.74, 6) is 0.915. The Morgan fingerprint density at radius 1 is 1.14 bits per heavy atom. The van der Waals surface area contributed by atoms with Crippen LogP contribution >= 0.6 is 0 Å². The number of benzene rings is 1. The molecule has 1 fully saturated rings. The van der Waals surface area contributed by atoms with E-state index in [4.69, 9.17) is 9.73 Å². The SMILES string of the molecule is CCNC(=NCC(C)(C)N1CCc2ccccc2C1)NCC(C)N1CCOCC1. The van der Waals surface area contributed by atoms with E-state index in [1.165, 1.54) is 11.1 Å². The van der Waals surface area contributed by atoms with Crippen LogP contribution in [0.1, 0.15) is 38.8 Å². The van der Waals surface area contributed by atoms with Crippen molar-refractivity contribution in [1.82, 2.24) is 20.4 Å². The predicted molar refractivity (Wildman–Crippen MR) is 120 cm³/mol. The number of nitrogens with zero attached hydrogens (tertiary/aromatic N) is 3.